The van der Waals surface area contributed by atoms with Crippen LogP contribution in [0.25, 0.3) is 0 Å². The molecule has 0 spiro atoms. The van der Waals surface area contributed by atoms with Crippen LogP contribution >= 0.6 is 0 Å². The molecule has 4 rings (SSSR count). The predicted octanol–water partition coefficient (Wildman–Crippen LogP) is 3.56. The SMILES string of the molecule is CC(=O)Oc1ccccc1CNc1nc(NC2CCCCC2N)nc2c1N(C(C)C)NN2C(C)C. The van der Waals surface area contributed by atoms with Crippen molar-refractivity contribution in [1.29, 1.82) is 0 Å². The van der Waals surface area contributed by atoms with Gasteiger partial charge in [0.05, 0.1) is 0 Å². The van der Waals surface area contributed by atoms with Crippen molar-refractivity contribution in [2.75, 3.05) is 20.7 Å². The molecule has 2 aromatic rings. The van der Waals surface area contributed by atoms with Gasteiger partial charge < -0.3 is 21.1 Å². The number of anilines is 4. The number of nitrogens with one attached hydrogen (secondary N) is 3. The molecular weight excluding hydrogens is 444 g/mol. The molecule has 0 amide bonds. The van der Waals surface area contributed by atoms with Crippen molar-refractivity contribution in [3.8, 4) is 5.75 Å². The van der Waals surface area contributed by atoms with Gasteiger partial charge in [0, 0.05) is 43.2 Å². The standard InChI is InChI=1S/C25H38N8O2/c1-15(2)32-22-23(27-14-18-10-6-9-13-21(18)35-17(5)34)29-25(28-20-12-8-7-11-19(20)26)30-24(22)33(31-32)16(3)4/h6,9-10,13,15-16,19-20,31H,7-8,11-12,14,26H2,1-5H3,(H2,27,28,29,30). The van der Waals surface area contributed by atoms with Gasteiger partial charge in [-0.3, -0.25) is 14.8 Å². The first-order valence-electron chi connectivity index (χ1n) is 12.5. The lowest BCUT2D eigenvalue weighted by molar-refractivity contribution is -0.131. The molecule has 10 nitrogen and oxygen atoms in total. The quantitative estimate of drug-likeness (QED) is 0.328. The first-order valence-corrected chi connectivity index (χ1v) is 12.5. The van der Waals surface area contributed by atoms with Crippen LogP contribution < -0.4 is 36.7 Å². The number of hydrogen-bond acceptors (Lipinski definition) is 10. The summed E-state index contributed by atoms with van der Waals surface area (Å²) in [7, 11) is 0. The molecule has 1 aromatic heterocycles. The summed E-state index contributed by atoms with van der Waals surface area (Å²) in [6, 6.07) is 8.07. The highest BCUT2D eigenvalue weighted by Crippen LogP contribution is 2.40. The van der Waals surface area contributed by atoms with Crippen LogP contribution in [0.2, 0.25) is 0 Å². The Labute approximate surface area is 207 Å². The smallest absolute Gasteiger partial charge is 0.308 e. The molecule has 2 atom stereocenters. The maximum atomic E-state index is 11.6. The van der Waals surface area contributed by atoms with Crippen molar-refractivity contribution < 1.29 is 9.53 Å². The Bertz CT molecular complexity index is 1040. The summed E-state index contributed by atoms with van der Waals surface area (Å²) < 4.78 is 5.40. The molecule has 2 aliphatic rings. The zero-order valence-corrected chi connectivity index (χ0v) is 21.3. The van der Waals surface area contributed by atoms with Crippen molar-refractivity contribution in [1.82, 2.24) is 15.5 Å². The molecule has 190 valence electrons. The third-order valence-corrected chi connectivity index (χ3v) is 6.39. The lowest BCUT2D eigenvalue weighted by atomic mass is 9.91. The molecule has 10 heteroatoms. The van der Waals surface area contributed by atoms with E-state index < -0.39 is 0 Å². The summed E-state index contributed by atoms with van der Waals surface area (Å²) >= 11 is 0. The number of carbonyl (C=O) groups excluding carboxylic acids is 1. The summed E-state index contributed by atoms with van der Waals surface area (Å²) in [5.41, 5.74) is 11.6. The first-order chi connectivity index (χ1) is 16.7. The molecule has 1 fully saturated rings. The van der Waals surface area contributed by atoms with Crippen LogP contribution in [-0.4, -0.2) is 40.1 Å². The molecule has 0 radical (unpaired) electrons. The first kappa shape index (κ1) is 25.0. The van der Waals surface area contributed by atoms with Gasteiger partial charge in [-0.15, -0.1) is 5.53 Å². The normalized spacial score (nSPS) is 19.8. The van der Waals surface area contributed by atoms with Gasteiger partial charge in [-0.05, 0) is 46.6 Å². The number of nitrogens with two attached hydrogens (primary N) is 1. The summed E-state index contributed by atoms with van der Waals surface area (Å²) in [6.07, 6.45) is 4.31. The Balaban J connectivity index is 1.70. The van der Waals surface area contributed by atoms with Gasteiger partial charge in [-0.1, -0.05) is 31.0 Å². The fraction of sp³-hybridized carbons (Fsp3) is 0.560. The number of fused-ring (bicyclic) bond motifs is 1. The molecule has 1 aromatic carbocycles. The lowest BCUT2D eigenvalue weighted by Crippen LogP contribution is -2.50. The van der Waals surface area contributed by atoms with Gasteiger partial charge in [0.15, 0.2) is 11.6 Å². The number of para-hydroxylation sites is 1. The average molecular weight is 483 g/mol. The molecule has 0 saturated heterocycles. The van der Waals surface area contributed by atoms with Crippen molar-refractivity contribution in [2.24, 2.45) is 5.73 Å². The Kier molecular flexibility index (Phi) is 7.61. The molecule has 1 aliphatic heterocycles. The van der Waals surface area contributed by atoms with Crippen LogP contribution in [0.4, 0.5) is 23.3 Å². The lowest BCUT2D eigenvalue weighted by Gasteiger charge is -2.29. The van der Waals surface area contributed by atoms with Crippen molar-refractivity contribution >= 4 is 29.2 Å². The molecule has 1 aliphatic carbocycles. The second-order valence-electron chi connectivity index (χ2n) is 9.85. The third kappa shape index (κ3) is 5.59. The summed E-state index contributed by atoms with van der Waals surface area (Å²) in [5.74, 6) is 2.25. The van der Waals surface area contributed by atoms with Crippen LogP contribution in [0.5, 0.6) is 5.75 Å². The van der Waals surface area contributed by atoms with Gasteiger partial charge in [0.25, 0.3) is 0 Å². The van der Waals surface area contributed by atoms with Gasteiger partial charge >= 0.3 is 5.97 Å². The number of ether oxygens (including phenoxy) is 1. The highest BCUT2D eigenvalue weighted by molar-refractivity contribution is 5.83. The van der Waals surface area contributed by atoms with E-state index in [1.165, 1.54) is 6.92 Å². The average Bonchev–Trinajstić information content (AvgIpc) is 3.20. The molecule has 0 bridgehead atoms. The monoisotopic (exact) mass is 482 g/mol. The largest absolute Gasteiger partial charge is 0.426 e. The van der Waals surface area contributed by atoms with E-state index in [-0.39, 0.29) is 30.1 Å². The van der Waals surface area contributed by atoms with Gasteiger partial charge in [0.1, 0.15) is 11.4 Å². The summed E-state index contributed by atoms with van der Waals surface area (Å²) in [6.45, 7) is 10.3. The maximum absolute atomic E-state index is 11.6. The topological polar surface area (TPSA) is 121 Å². The second-order valence-corrected chi connectivity index (χ2v) is 9.85. The van der Waals surface area contributed by atoms with E-state index in [1.807, 2.05) is 18.2 Å². The number of rotatable bonds is 8. The maximum Gasteiger partial charge on any atom is 0.308 e. The molecule has 2 unspecified atom stereocenters. The fourth-order valence-corrected chi connectivity index (χ4v) is 4.56. The van der Waals surface area contributed by atoms with E-state index in [9.17, 15) is 4.79 Å². The van der Waals surface area contributed by atoms with Gasteiger partial charge in [-0.2, -0.15) is 9.97 Å². The van der Waals surface area contributed by atoms with E-state index in [4.69, 9.17) is 20.4 Å². The Hall–Kier alpha value is -3.11. The van der Waals surface area contributed by atoms with Crippen molar-refractivity contribution in [3.05, 3.63) is 29.8 Å². The highest BCUT2D eigenvalue weighted by atomic mass is 16.5. The van der Waals surface area contributed by atoms with Crippen LogP contribution in [-0.2, 0) is 11.3 Å². The molecule has 5 N–H and O–H groups in total. The molecular formula is C25H38N8O2. The number of carbonyl (C=O) groups is 1. The molecule has 35 heavy (non-hydrogen) atoms. The predicted molar refractivity (Wildman–Crippen MR) is 139 cm³/mol. The number of esters is 1. The summed E-state index contributed by atoms with van der Waals surface area (Å²) in [5, 5.41) is 11.1. The fourth-order valence-electron chi connectivity index (χ4n) is 4.56. The number of aromatic nitrogens is 2. The van der Waals surface area contributed by atoms with E-state index in [0.29, 0.717) is 24.1 Å². The molecule has 1 saturated carbocycles. The van der Waals surface area contributed by atoms with Crippen LogP contribution in [0, 0.1) is 0 Å². The third-order valence-electron chi connectivity index (χ3n) is 6.39. The minimum atomic E-state index is -0.349. The van der Waals surface area contributed by atoms with Crippen molar-refractivity contribution in [2.45, 2.75) is 91.0 Å². The number of benzene rings is 1. The number of hydrogen-bond donors (Lipinski definition) is 4. The van der Waals surface area contributed by atoms with Gasteiger partial charge in [0.2, 0.25) is 5.95 Å². The number of hydrazine groups is 2. The Morgan fingerprint density at radius 1 is 1.14 bits per heavy atom. The number of nitrogens with zero attached hydrogens (tertiary/aromatic N) is 4. The van der Waals surface area contributed by atoms with Crippen LogP contribution in [0.3, 0.4) is 0 Å². The van der Waals surface area contributed by atoms with Crippen LogP contribution in [0.15, 0.2) is 24.3 Å². The van der Waals surface area contributed by atoms with E-state index in [1.54, 1.807) is 6.07 Å². The second kappa shape index (κ2) is 10.7. The van der Waals surface area contributed by atoms with Gasteiger partial charge in [-0.25, -0.2) is 0 Å². The minimum absolute atomic E-state index is 0.0825. The van der Waals surface area contributed by atoms with Crippen molar-refractivity contribution in [3.63, 3.8) is 0 Å². The highest BCUT2D eigenvalue weighted by Gasteiger charge is 2.35. The minimum Gasteiger partial charge on any atom is -0.426 e. The van der Waals surface area contributed by atoms with Crippen LogP contribution in [0.1, 0.15) is 65.9 Å². The zero-order valence-electron chi connectivity index (χ0n) is 21.3. The van der Waals surface area contributed by atoms with E-state index in [0.717, 1.165) is 42.8 Å². The molecule has 2 heterocycles. The Morgan fingerprint density at radius 2 is 1.86 bits per heavy atom. The zero-order chi connectivity index (χ0) is 25.1. The summed E-state index contributed by atoms with van der Waals surface area (Å²) in [4.78, 5) is 21.4. The van der Waals surface area contributed by atoms with E-state index in [2.05, 4.69) is 53.9 Å². The van der Waals surface area contributed by atoms with E-state index >= 15 is 0 Å². The Morgan fingerprint density at radius 3 is 2.54 bits per heavy atom.